The van der Waals surface area contributed by atoms with E-state index >= 15 is 0 Å². The van der Waals surface area contributed by atoms with Crippen LogP contribution in [-0.4, -0.2) is 25.7 Å². The minimum atomic E-state index is 0.672. The van der Waals surface area contributed by atoms with Crippen molar-refractivity contribution in [1.29, 1.82) is 0 Å². The third-order valence-corrected chi connectivity index (χ3v) is 3.73. The van der Waals surface area contributed by atoms with Crippen molar-refractivity contribution in [2.24, 2.45) is 10.9 Å². The second kappa shape index (κ2) is 9.46. The van der Waals surface area contributed by atoms with E-state index in [4.69, 9.17) is 9.73 Å². The molecule has 1 aliphatic rings. The first-order valence-electron chi connectivity index (χ1n) is 8.50. The molecule has 0 aromatic heterocycles. The molecule has 1 aliphatic carbocycles. The monoisotopic (exact) mass is 303 g/mol. The predicted octanol–water partition coefficient (Wildman–Crippen LogP) is 3.08. The SMILES string of the molecule is CCCOCc1ccccc1CN=C(NCC)NCC1CC1. The van der Waals surface area contributed by atoms with E-state index in [1.54, 1.807) is 0 Å². The average Bonchev–Trinajstić information content (AvgIpc) is 3.36. The van der Waals surface area contributed by atoms with Crippen LogP contribution in [0.3, 0.4) is 0 Å². The van der Waals surface area contributed by atoms with Crippen LogP contribution in [0.25, 0.3) is 0 Å². The van der Waals surface area contributed by atoms with Crippen LogP contribution in [-0.2, 0) is 17.9 Å². The summed E-state index contributed by atoms with van der Waals surface area (Å²) in [5, 5.41) is 6.75. The Morgan fingerprint density at radius 1 is 1.18 bits per heavy atom. The van der Waals surface area contributed by atoms with E-state index in [0.717, 1.165) is 38.0 Å². The van der Waals surface area contributed by atoms with E-state index in [-0.39, 0.29) is 0 Å². The van der Waals surface area contributed by atoms with Crippen LogP contribution in [0.15, 0.2) is 29.3 Å². The Labute approximate surface area is 134 Å². The Morgan fingerprint density at radius 3 is 2.64 bits per heavy atom. The second-order valence-electron chi connectivity index (χ2n) is 5.84. The molecular weight excluding hydrogens is 274 g/mol. The molecular formula is C18H29N3O. The van der Waals surface area contributed by atoms with Gasteiger partial charge in [0.25, 0.3) is 0 Å². The average molecular weight is 303 g/mol. The van der Waals surface area contributed by atoms with Crippen molar-refractivity contribution in [1.82, 2.24) is 10.6 Å². The molecule has 0 spiro atoms. The normalized spacial score (nSPS) is 14.9. The summed E-state index contributed by atoms with van der Waals surface area (Å²) < 4.78 is 5.67. The van der Waals surface area contributed by atoms with Crippen molar-refractivity contribution in [2.45, 2.75) is 46.3 Å². The third-order valence-electron chi connectivity index (χ3n) is 3.73. The molecule has 1 fully saturated rings. The Bertz CT molecular complexity index is 469. The van der Waals surface area contributed by atoms with Crippen molar-refractivity contribution in [3.8, 4) is 0 Å². The van der Waals surface area contributed by atoms with E-state index in [9.17, 15) is 0 Å². The zero-order valence-electron chi connectivity index (χ0n) is 13.9. The van der Waals surface area contributed by atoms with Crippen LogP contribution in [0.1, 0.15) is 44.2 Å². The van der Waals surface area contributed by atoms with Gasteiger partial charge in [0.05, 0.1) is 13.2 Å². The molecule has 0 amide bonds. The minimum Gasteiger partial charge on any atom is -0.377 e. The minimum absolute atomic E-state index is 0.672. The smallest absolute Gasteiger partial charge is 0.191 e. The first-order chi connectivity index (χ1) is 10.8. The van der Waals surface area contributed by atoms with E-state index < -0.39 is 0 Å². The Balaban J connectivity index is 1.92. The molecule has 2 rings (SSSR count). The fourth-order valence-electron chi connectivity index (χ4n) is 2.25. The molecule has 1 aromatic rings. The molecule has 4 nitrogen and oxygen atoms in total. The topological polar surface area (TPSA) is 45.6 Å². The molecule has 22 heavy (non-hydrogen) atoms. The highest BCUT2D eigenvalue weighted by Gasteiger charge is 2.21. The van der Waals surface area contributed by atoms with Gasteiger partial charge in [0.1, 0.15) is 0 Å². The highest BCUT2D eigenvalue weighted by molar-refractivity contribution is 5.79. The van der Waals surface area contributed by atoms with Gasteiger partial charge in [-0.2, -0.15) is 0 Å². The lowest BCUT2D eigenvalue weighted by Gasteiger charge is -2.12. The number of benzene rings is 1. The second-order valence-corrected chi connectivity index (χ2v) is 5.84. The number of rotatable bonds is 9. The molecule has 4 heteroatoms. The van der Waals surface area contributed by atoms with Gasteiger partial charge < -0.3 is 15.4 Å². The number of guanidine groups is 1. The number of ether oxygens (including phenoxy) is 1. The number of nitrogens with zero attached hydrogens (tertiary/aromatic N) is 1. The lowest BCUT2D eigenvalue weighted by atomic mass is 10.1. The van der Waals surface area contributed by atoms with E-state index in [0.29, 0.717) is 13.2 Å². The first kappa shape index (κ1) is 16.8. The molecule has 2 N–H and O–H groups in total. The summed E-state index contributed by atoms with van der Waals surface area (Å²) in [6.45, 7) is 8.32. The van der Waals surface area contributed by atoms with E-state index in [2.05, 4.69) is 48.7 Å². The molecule has 0 radical (unpaired) electrons. The zero-order valence-corrected chi connectivity index (χ0v) is 13.9. The molecule has 0 heterocycles. The number of hydrogen-bond donors (Lipinski definition) is 2. The van der Waals surface area contributed by atoms with Gasteiger partial charge >= 0.3 is 0 Å². The summed E-state index contributed by atoms with van der Waals surface area (Å²) in [6, 6.07) is 8.40. The maximum atomic E-state index is 5.67. The molecule has 0 atom stereocenters. The van der Waals surface area contributed by atoms with Gasteiger partial charge in [-0.3, -0.25) is 0 Å². The maximum Gasteiger partial charge on any atom is 0.191 e. The molecule has 122 valence electrons. The summed E-state index contributed by atoms with van der Waals surface area (Å²) >= 11 is 0. The molecule has 1 aromatic carbocycles. The fourth-order valence-corrected chi connectivity index (χ4v) is 2.25. The van der Waals surface area contributed by atoms with Crippen molar-refractivity contribution < 1.29 is 4.74 Å². The van der Waals surface area contributed by atoms with Gasteiger partial charge in [0.2, 0.25) is 0 Å². The third kappa shape index (κ3) is 6.06. The first-order valence-corrected chi connectivity index (χ1v) is 8.50. The van der Waals surface area contributed by atoms with Gasteiger partial charge in [-0.1, -0.05) is 31.2 Å². The largest absolute Gasteiger partial charge is 0.377 e. The Kier molecular flexibility index (Phi) is 7.23. The van der Waals surface area contributed by atoms with Crippen molar-refractivity contribution in [3.05, 3.63) is 35.4 Å². The van der Waals surface area contributed by atoms with Crippen molar-refractivity contribution >= 4 is 5.96 Å². The van der Waals surface area contributed by atoms with Gasteiger partial charge in [0.15, 0.2) is 5.96 Å². The van der Waals surface area contributed by atoms with Crippen LogP contribution < -0.4 is 10.6 Å². The lowest BCUT2D eigenvalue weighted by Crippen LogP contribution is -2.38. The summed E-state index contributed by atoms with van der Waals surface area (Å²) in [5.74, 6) is 1.76. The summed E-state index contributed by atoms with van der Waals surface area (Å²) in [5.41, 5.74) is 2.47. The van der Waals surface area contributed by atoms with Crippen LogP contribution in [0.5, 0.6) is 0 Å². The van der Waals surface area contributed by atoms with Crippen molar-refractivity contribution in [2.75, 3.05) is 19.7 Å². The fraction of sp³-hybridized carbons (Fsp3) is 0.611. The predicted molar refractivity (Wildman–Crippen MR) is 91.9 cm³/mol. The Hall–Kier alpha value is -1.55. The van der Waals surface area contributed by atoms with Gasteiger partial charge in [-0.25, -0.2) is 4.99 Å². The van der Waals surface area contributed by atoms with Gasteiger partial charge in [0, 0.05) is 19.7 Å². The number of hydrogen-bond acceptors (Lipinski definition) is 2. The van der Waals surface area contributed by atoms with Crippen LogP contribution in [0, 0.1) is 5.92 Å². The summed E-state index contributed by atoms with van der Waals surface area (Å²) in [4.78, 5) is 4.71. The Morgan fingerprint density at radius 2 is 1.95 bits per heavy atom. The van der Waals surface area contributed by atoms with E-state index in [1.807, 2.05) is 0 Å². The lowest BCUT2D eigenvalue weighted by molar-refractivity contribution is 0.121. The molecule has 0 unspecified atom stereocenters. The van der Waals surface area contributed by atoms with Gasteiger partial charge in [-0.15, -0.1) is 0 Å². The highest BCUT2D eigenvalue weighted by atomic mass is 16.5. The number of aliphatic imine (C=N–C) groups is 1. The van der Waals surface area contributed by atoms with Crippen molar-refractivity contribution in [3.63, 3.8) is 0 Å². The molecule has 0 saturated heterocycles. The van der Waals surface area contributed by atoms with Crippen LogP contribution in [0.4, 0.5) is 0 Å². The number of nitrogens with one attached hydrogen (secondary N) is 2. The molecule has 0 aliphatic heterocycles. The van der Waals surface area contributed by atoms with Gasteiger partial charge in [-0.05, 0) is 43.2 Å². The van der Waals surface area contributed by atoms with Crippen LogP contribution in [0.2, 0.25) is 0 Å². The van der Waals surface area contributed by atoms with E-state index in [1.165, 1.54) is 24.0 Å². The van der Waals surface area contributed by atoms with Crippen LogP contribution >= 0.6 is 0 Å². The summed E-state index contributed by atoms with van der Waals surface area (Å²) in [7, 11) is 0. The quantitative estimate of drug-likeness (QED) is 0.419. The maximum absolute atomic E-state index is 5.67. The summed E-state index contributed by atoms with van der Waals surface area (Å²) in [6.07, 6.45) is 3.75. The standard InChI is InChI=1S/C18H29N3O/c1-3-11-22-14-17-8-6-5-7-16(17)13-21-18(19-4-2)20-12-15-9-10-15/h5-8,15H,3-4,9-14H2,1-2H3,(H2,19,20,21). The molecule has 0 bridgehead atoms. The molecule has 1 saturated carbocycles. The zero-order chi connectivity index (χ0) is 15.6. The highest BCUT2D eigenvalue weighted by Crippen LogP contribution is 2.27.